The van der Waals surface area contributed by atoms with Crippen LogP contribution < -0.4 is 0 Å². The van der Waals surface area contributed by atoms with Crippen molar-refractivity contribution in [1.29, 1.82) is 0 Å². The number of hydrogen-bond acceptors (Lipinski definition) is 0. The van der Waals surface area contributed by atoms with E-state index in [-0.39, 0.29) is 0 Å². The molecule has 19 aromatic carbocycles. The lowest BCUT2D eigenvalue weighted by atomic mass is 9.87. The summed E-state index contributed by atoms with van der Waals surface area (Å²) in [4.78, 5) is 0. The van der Waals surface area contributed by atoms with E-state index >= 15 is 0 Å². The smallest absolute Gasteiger partial charge is 0.00134 e. The minimum absolute atomic E-state index is 1.21. The van der Waals surface area contributed by atoms with Crippen LogP contribution in [0.2, 0.25) is 0 Å². The van der Waals surface area contributed by atoms with E-state index in [1.807, 2.05) is 0 Å². The molecule has 0 heteroatoms. The number of hydrogen-bond donors (Lipinski definition) is 0. The lowest BCUT2D eigenvalue weighted by molar-refractivity contribution is 1.59. The number of rotatable bonds is 7. The Labute approximate surface area is 568 Å². The molecule has 19 aromatic rings. The highest BCUT2D eigenvalue weighted by Gasteiger charge is 2.29. The standard InChI is InChI=1S/C52H32.C46H28/c1-3-12-33(13-4-1)36-18-11-19-37(28-36)40-30-41-29-39(23-24-42(41)48(32-40)34-14-5-2-6-15-34)45-26-27-47-50-43-20-9-7-16-35(43)22-25-46(50)49-31-38-17-8-10-21-44(38)51(45)52(47)49;1-2-10-29(11-3-1)31-21-22-37-32(26-31)16-9-19-36(37)33-14-8-15-34(27-33)40-24-25-42-44-38-17-6-4-12-30(38)20-23-41(44)43-28-35-13-5-7-18-39(35)45(40)46(42)43/h1-32H;1-28H. The van der Waals surface area contributed by atoms with E-state index in [4.69, 9.17) is 0 Å². The fraction of sp³-hybridized carbons (Fsp3) is 0. The van der Waals surface area contributed by atoms with Crippen LogP contribution in [0.1, 0.15) is 0 Å². The second kappa shape index (κ2) is 22.5. The van der Waals surface area contributed by atoms with Crippen molar-refractivity contribution in [1.82, 2.24) is 0 Å². The van der Waals surface area contributed by atoms with Crippen LogP contribution in [0.3, 0.4) is 0 Å². The molecule has 2 aliphatic rings. The topological polar surface area (TPSA) is 0 Å². The third kappa shape index (κ3) is 8.92. The zero-order chi connectivity index (χ0) is 64.4. The number of fused-ring (bicyclic) bond motifs is 16. The summed E-state index contributed by atoms with van der Waals surface area (Å²) in [5.41, 5.74) is 28.1. The van der Waals surface area contributed by atoms with Crippen LogP contribution in [0.15, 0.2) is 364 Å². The average molecular weight is 1240 g/mol. The summed E-state index contributed by atoms with van der Waals surface area (Å²) in [6.07, 6.45) is 0. The Bertz CT molecular complexity index is 6510. The largest absolute Gasteiger partial charge is 0.0622 e. The SMILES string of the molecule is c1ccc(-c2ccc3c(-c4cccc(-c5ccc6c7c(cc8ccccc8c57)-c5ccc7ccccc7c5-6)c4)cccc3c2)cc1.c1ccc(-c2cccc(-c3cc(-c4ccccc4)c4ccc(-c5ccc6c7c(cc8ccccc8c57)-c5ccc7ccccc7c5-6)cc4c3)c2)cc1. The van der Waals surface area contributed by atoms with E-state index in [1.165, 1.54) is 209 Å². The maximum atomic E-state index is 2.42. The first-order chi connectivity index (χ1) is 48.6. The summed E-state index contributed by atoms with van der Waals surface area (Å²) in [6, 6.07) is 134. The molecule has 0 aliphatic heterocycles. The molecular weight excluding hydrogens is 1180 g/mol. The van der Waals surface area contributed by atoms with Crippen molar-refractivity contribution in [3.63, 3.8) is 0 Å². The zero-order valence-electron chi connectivity index (χ0n) is 53.6. The predicted octanol–water partition coefficient (Wildman–Crippen LogP) is 27.6. The van der Waals surface area contributed by atoms with Gasteiger partial charge in [-0.2, -0.15) is 0 Å². The van der Waals surface area contributed by atoms with Gasteiger partial charge >= 0.3 is 0 Å². The van der Waals surface area contributed by atoms with Gasteiger partial charge in [0.25, 0.3) is 0 Å². The van der Waals surface area contributed by atoms with E-state index in [9.17, 15) is 0 Å². The second-order valence-corrected chi connectivity index (χ2v) is 26.5. The van der Waals surface area contributed by atoms with Gasteiger partial charge in [-0.15, -0.1) is 0 Å². The van der Waals surface area contributed by atoms with Gasteiger partial charge in [0.05, 0.1) is 0 Å². The second-order valence-electron chi connectivity index (χ2n) is 26.5. The van der Waals surface area contributed by atoms with Gasteiger partial charge in [-0.3, -0.25) is 0 Å². The van der Waals surface area contributed by atoms with Crippen LogP contribution in [0, 0.1) is 0 Å². The Balaban J connectivity index is 0.000000134. The van der Waals surface area contributed by atoms with E-state index in [1.54, 1.807) is 0 Å². The van der Waals surface area contributed by atoms with Crippen molar-refractivity contribution in [3.8, 4) is 122 Å². The molecule has 0 saturated heterocycles. The third-order valence-electron chi connectivity index (χ3n) is 21.1. The van der Waals surface area contributed by atoms with Gasteiger partial charge in [-0.1, -0.05) is 315 Å². The van der Waals surface area contributed by atoms with Gasteiger partial charge in [0.15, 0.2) is 0 Å². The fourth-order valence-corrected chi connectivity index (χ4v) is 16.6. The van der Waals surface area contributed by atoms with Crippen molar-refractivity contribution >= 4 is 86.2 Å². The van der Waals surface area contributed by atoms with Gasteiger partial charge in [0, 0.05) is 0 Å². The Kier molecular flexibility index (Phi) is 12.8. The van der Waals surface area contributed by atoms with Crippen molar-refractivity contribution in [2.45, 2.75) is 0 Å². The Hall–Kier alpha value is -12.7. The van der Waals surface area contributed by atoms with Crippen molar-refractivity contribution < 1.29 is 0 Å². The van der Waals surface area contributed by atoms with Crippen molar-refractivity contribution in [2.75, 3.05) is 0 Å². The molecule has 2 aliphatic carbocycles. The molecular formula is C98H60. The fourth-order valence-electron chi connectivity index (χ4n) is 16.6. The first kappa shape index (κ1) is 55.7. The van der Waals surface area contributed by atoms with E-state index < -0.39 is 0 Å². The summed E-state index contributed by atoms with van der Waals surface area (Å²) in [6.45, 7) is 0. The Morgan fingerprint density at radius 1 is 0.112 bits per heavy atom. The first-order valence-corrected chi connectivity index (χ1v) is 34.1. The molecule has 452 valence electrons. The minimum Gasteiger partial charge on any atom is -0.0622 e. The normalized spacial score (nSPS) is 11.9. The van der Waals surface area contributed by atoms with Crippen LogP contribution in [0.5, 0.6) is 0 Å². The molecule has 21 rings (SSSR count). The molecule has 0 spiro atoms. The molecule has 98 heavy (non-hydrogen) atoms. The van der Waals surface area contributed by atoms with Crippen LogP contribution in [-0.4, -0.2) is 0 Å². The van der Waals surface area contributed by atoms with Crippen molar-refractivity contribution in [3.05, 3.63) is 364 Å². The van der Waals surface area contributed by atoms with Crippen LogP contribution in [0.4, 0.5) is 0 Å². The van der Waals surface area contributed by atoms with Gasteiger partial charge in [-0.05, 0) is 257 Å². The Morgan fingerprint density at radius 3 is 1.04 bits per heavy atom. The van der Waals surface area contributed by atoms with E-state index in [0.717, 1.165) is 0 Å². The van der Waals surface area contributed by atoms with Gasteiger partial charge < -0.3 is 0 Å². The maximum absolute atomic E-state index is 2.42. The summed E-state index contributed by atoms with van der Waals surface area (Å²) in [5, 5.41) is 20.8. The molecule has 0 saturated carbocycles. The van der Waals surface area contributed by atoms with Gasteiger partial charge in [-0.25, -0.2) is 0 Å². The highest BCUT2D eigenvalue weighted by atomic mass is 14.3. The van der Waals surface area contributed by atoms with Gasteiger partial charge in [0.2, 0.25) is 0 Å². The molecule has 0 amide bonds. The first-order valence-electron chi connectivity index (χ1n) is 34.1. The predicted molar refractivity (Wildman–Crippen MR) is 420 cm³/mol. The monoisotopic (exact) mass is 1240 g/mol. The molecule has 0 radical (unpaired) electrons. The zero-order valence-corrected chi connectivity index (χ0v) is 53.6. The quantitative estimate of drug-likeness (QED) is 0.140. The molecule has 0 fully saturated rings. The summed E-state index contributed by atoms with van der Waals surface area (Å²) >= 11 is 0. The molecule has 0 unspecified atom stereocenters. The highest BCUT2D eigenvalue weighted by Crippen LogP contribution is 2.56. The third-order valence-corrected chi connectivity index (χ3v) is 21.1. The van der Waals surface area contributed by atoms with E-state index in [0.29, 0.717) is 0 Å². The van der Waals surface area contributed by atoms with Crippen LogP contribution >= 0.6 is 0 Å². The average Bonchev–Trinajstić information content (AvgIpc) is 1.54. The molecule has 0 nitrogen and oxygen atoms in total. The maximum Gasteiger partial charge on any atom is -0.00134 e. The minimum atomic E-state index is 1.21. The van der Waals surface area contributed by atoms with Crippen LogP contribution in [-0.2, 0) is 0 Å². The lowest BCUT2D eigenvalue weighted by Gasteiger charge is -2.16. The summed E-state index contributed by atoms with van der Waals surface area (Å²) in [5.74, 6) is 0. The highest BCUT2D eigenvalue weighted by molar-refractivity contribution is 6.31. The molecule has 0 heterocycles. The summed E-state index contributed by atoms with van der Waals surface area (Å²) < 4.78 is 0. The summed E-state index contributed by atoms with van der Waals surface area (Å²) in [7, 11) is 0. The van der Waals surface area contributed by atoms with Gasteiger partial charge in [0.1, 0.15) is 0 Å². The molecule has 0 aromatic heterocycles. The van der Waals surface area contributed by atoms with E-state index in [2.05, 4.69) is 364 Å². The number of benzene rings is 19. The molecule has 0 bridgehead atoms. The van der Waals surface area contributed by atoms with Crippen molar-refractivity contribution in [2.24, 2.45) is 0 Å². The molecule has 0 N–H and O–H groups in total. The van der Waals surface area contributed by atoms with Crippen LogP contribution in [0.25, 0.3) is 209 Å². The lowest BCUT2D eigenvalue weighted by Crippen LogP contribution is -1.89. The molecule has 0 atom stereocenters. The Morgan fingerprint density at radius 2 is 0.469 bits per heavy atom.